The molecule has 0 aromatic heterocycles. The van der Waals surface area contributed by atoms with Gasteiger partial charge in [-0.3, -0.25) is 0 Å². The first-order chi connectivity index (χ1) is 9.36. The number of hydrogen-bond acceptors (Lipinski definition) is 2. The molecule has 0 heterocycles. The minimum atomic E-state index is 0.393. The minimum Gasteiger partial charge on any atom is -0.376 e. The zero-order valence-electron chi connectivity index (χ0n) is 11.8. The van der Waals surface area contributed by atoms with Crippen LogP contribution in [0.5, 0.6) is 0 Å². The molecule has 104 valence electrons. The van der Waals surface area contributed by atoms with Crippen LogP contribution in [0.25, 0.3) is 0 Å². The van der Waals surface area contributed by atoms with E-state index in [-0.39, 0.29) is 0 Å². The second-order valence-corrected chi connectivity index (χ2v) is 6.13. The van der Waals surface area contributed by atoms with E-state index in [0.29, 0.717) is 18.1 Å². The summed E-state index contributed by atoms with van der Waals surface area (Å²) in [4.78, 5) is 0. The van der Waals surface area contributed by atoms with Crippen molar-refractivity contribution in [3.05, 3.63) is 35.9 Å². The number of ether oxygens (including phenoxy) is 1. The second kappa shape index (κ2) is 6.06. The van der Waals surface area contributed by atoms with E-state index in [4.69, 9.17) is 4.74 Å². The molecule has 19 heavy (non-hydrogen) atoms. The molecule has 3 unspecified atom stereocenters. The third-order valence-electron chi connectivity index (χ3n) is 4.68. The van der Waals surface area contributed by atoms with E-state index in [1.165, 1.54) is 37.7 Å². The normalized spacial score (nSPS) is 31.3. The highest BCUT2D eigenvalue weighted by Crippen LogP contribution is 2.36. The molecule has 2 fully saturated rings. The van der Waals surface area contributed by atoms with Crippen molar-refractivity contribution in [1.82, 2.24) is 5.32 Å². The summed E-state index contributed by atoms with van der Waals surface area (Å²) in [6.45, 7) is 0.977. The van der Waals surface area contributed by atoms with Crippen molar-refractivity contribution in [2.75, 3.05) is 13.7 Å². The van der Waals surface area contributed by atoms with E-state index < -0.39 is 0 Å². The first-order valence-electron chi connectivity index (χ1n) is 7.70. The van der Waals surface area contributed by atoms with E-state index in [2.05, 4.69) is 42.7 Å². The topological polar surface area (TPSA) is 21.3 Å². The molecule has 0 radical (unpaired) electrons. The molecule has 1 N–H and O–H groups in total. The van der Waals surface area contributed by atoms with Gasteiger partial charge in [-0.2, -0.15) is 0 Å². The van der Waals surface area contributed by atoms with Gasteiger partial charge in [0.05, 0.1) is 6.10 Å². The van der Waals surface area contributed by atoms with Crippen LogP contribution in [0.2, 0.25) is 0 Å². The van der Waals surface area contributed by atoms with Gasteiger partial charge in [-0.25, -0.2) is 0 Å². The number of benzene rings is 1. The second-order valence-electron chi connectivity index (χ2n) is 6.13. The molecule has 0 aliphatic heterocycles. The predicted molar refractivity (Wildman–Crippen MR) is 78.3 cm³/mol. The summed E-state index contributed by atoms with van der Waals surface area (Å²) in [5.74, 6) is 1.53. The van der Waals surface area contributed by atoms with Gasteiger partial charge in [-0.05, 0) is 56.6 Å². The highest BCUT2D eigenvalue weighted by atomic mass is 16.5. The average Bonchev–Trinajstić information content (AvgIpc) is 3.30. The van der Waals surface area contributed by atoms with E-state index >= 15 is 0 Å². The summed E-state index contributed by atoms with van der Waals surface area (Å²) in [7, 11) is 2.07. The van der Waals surface area contributed by atoms with Crippen LogP contribution >= 0.6 is 0 Å². The lowest BCUT2D eigenvalue weighted by atomic mass is 9.80. The maximum absolute atomic E-state index is 6.20. The van der Waals surface area contributed by atoms with Gasteiger partial charge in [0.15, 0.2) is 0 Å². The highest BCUT2D eigenvalue weighted by Gasteiger charge is 2.32. The zero-order chi connectivity index (χ0) is 13.1. The number of hydrogen-bond donors (Lipinski definition) is 1. The molecule has 0 spiro atoms. The smallest absolute Gasteiger partial charge is 0.0733 e. The van der Waals surface area contributed by atoms with E-state index in [9.17, 15) is 0 Å². The van der Waals surface area contributed by atoms with Crippen molar-refractivity contribution >= 4 is 0 Å². The molecule has 3 rings (SSSR count). The summed E-state index contributed by atoms with van der Waals surface area (Å²) in [5, 5.41) is 3.45. The van der Waals surface area contributed by atoms with Crippen molar-refractivity contribution in [1.29, 1.82) is 0 Å². The summed E-state index contributed by atoms with van der Waals surface area (Å²) < 4.78 is 6.20. The Bertz CT molecular complexity index is 388. The standard InChI is InChI=1S/C17H25NO/c1-18-16-10-9-15(14-5-3-2-4-6-14)11-17(16)19-12-13-7-8-13/h2-6,13,15-18H,7-12H2,1H3. The van der Waals surface area contributed by atoms with Gasteiger partial charge in [-0.15, -0.1) is 0 Å². The summed E-state index contributed by atoms with van der Waals surface area (Å²) in [6, 6.07) is 11.5. The summed E-state index contributed by atoms with van der Waals surface area (Å²) in [6.07, 6.45) is 6.81. The van der Waals surface area contributed by atoms with Gasteiger partial charge < -0.3 is 10.1 Å². The molecule has 1 aromatic carbocycles. The molecule has 3 atom stereocenters. The molecule has 1 aromatic rings. The maximum atomic E-state index is 6.20. The fraction of sp³-hybridized carbons (Fsp3) is 0.647. The fourth-order valence-corrected chi connectivity index (χ4v) is 3.22. The molecule has 0 saturated heterocycles. The average molecular weight is 259 g/mol. The number of rotatable bonds is 5. The van der Waals surface area contributed by atoms with Crippen LogP contribution in [0.3, 0.4) is 0 Å². The Hall–Kier alpha value is -0.860. The predicted octanol–water partition coefficient (Wildman–Crippen LogP) is 3.34. The van der Waals surface area contributed by atoms with Crippen molar-refractivity contribution in [2.24, 2.45) is 5.92 Å². The van der Waals surface area contributed by atoms with Gasteiger partial charge >= 0.3 is 0 Å². The summed E-state index contributed by atoms with van der Waals surface area (Å²) >= 11 is 0. The zero-order valence-corrected chi connectivity index (χ0v) is 11.8. The van der Waals surface area contributed by atoms with Crippen LogP contribution in [0.15, 0.2) is 30.3 Å². The first-order valence-corrected chi connectivity index (χ1v) is 7.70. The minimum absolute atomic E-state index is 0.393. The molecule has 0 amide bonds. The Labute approximate surface area is 116 Å². The van der Waals surface area contributed by atoms with Gasteiger partial charge in [0, 0.05) is 12.6 Å². The lowest BCUT2D eigenvalue weighted by Crippen LogP contribution is -2.43. The quantitative estimate of drug-likeness (QED) is 0.875. The van der Waals surface area contributed by atoms with Crippen LogP contribution < -0.4 is 5.32 Å². The number of nitrogens with one attached hydrogen (secondary N) is 1. The summed E-state index contributed by atoms with van der Waals surface area (Å²) in [5.41, 5.74) is 1.48. The molecule has 2 saturated carbocycles. The van der Waals surface area contributed by atoms with Crippen molar-refractivity contribution in [3.8, 4) is 0 Å². The molecular formula is C17H25NO. The largest absolute Gasteiger partial charge is 0.376 e. The Morgan fingerprint density at radius 1 is 1.11 bits per heavy atom. The Morgan fingerprint density at radius 2 is 1.89 bits per heavy atom. The van der Waals surface area contributed by atoms with Crippen LogP contribution in [0, 0.1) is 5.92 Å². The monoisotopic (exact) mass is 259 g/mol. The van der Waals surface area contributed by atoms with Crippen LogP contribution in [-0.2, 0) is 4.74 Å². The molecule has 2 nitrogen and oxygen atoms in total. The van der Waals surface area contributed by atoms with Gasteiger partial charge in [0.2, 0.25) is 0 Å². The molecule has 2 aliphatic rings. The van der Waals surface area contributed by atoms with Crippen LogP contribution in [0.4, 0.5) is 0 Å². The molecule has 2 aliphatic carbocycles. The van der Waals surface area contributed by atoms with Gasteiger partial charge in [0.25, 0.3) is 0 Å². The van der Waals surface area contributed by atoms with Crippen molar-refractivity contribution in [3.63, 3.8) is 0 Å². The Kier molecular flexibility index (Phi) is 4.19. The lowest BCUT2D eigenvalue weighted by Gasteiger charge is -2.36. The van der Waals surface area contributed by atoms with E-state index in [0.717, 1.165) is 12.5 Å². The van der Waals surface area contributed by atoms with Crippen LogP contribution in [-0.4, -0.2) is 25.8 Å². The van der Waals surface area contributed by atoms with Crippen molar-refractivity contribution < 1.29 is 4.74 Å². The highest BCUT2D eigenvalue weighted by molar-refractivity contribution is 5.20. The molecule has 2 heteroatoms. The third-order valence-corrected chi connectivity index (χ3v) is 4.68. The van der Waals surface area contributed by atoms with E-state index in [1.807, 2.05) is 0 Å². The van der Waals surface area contributed by atoms with Crippen LogP contribution in [0.1, 0.15) is 43.6 Å². The maximum Gasteiger partial charge on any atom is 0.0733 e. The fourth-order valence-electron chi connectivity index (χ4n) is 3.22. The van der Waals surface area contributed by atoms with Crippen molar-refractivity contribution in [2.45, 2.75) is 50.2 Å². The van der Waals surface area contributed by atoms with Gasteiger partial charge in [-0.1, -0.05) is 30.3 Å². The van der Waals surface area contributed by atoms with E-state index in [1.54, 1.807) is 0 Å². The Balaban J connectivity index is 1.62. The Morgan fingerprint density at radius 3 is 2.58 bits per heavy atom. The van der Waals surface area contributed by atoms with Gasteiger partial charge in [0.1, 0.15) is 0 Å². The third kappa shape index (κ3) is 3.37. The number of likely N-dealkylation sites (N-methyl/N-ethyl adjacent to an activating group) is 1. The molecule has 0 bridgehead atoms. The first kappa shape index (κ1) is 13.1. The SMILES string of the molecule is CNC1CCC(c2ccccc2)CC1OCC1CC1. The lowest BCUT2D eigenvalue weighted by molar-refractivity contribution is -0.00377. The molecular weight excluding hydrogens is 234 g/mol.